The van der Waals surface area contributed by atoms with Crippen LogP contribution < -0.4 is 21.1 Å². The van der Waals surface area contributed by atoms with E-state index in [-0.39, 0.29) is 22.2 Å². The van der Waals surface area contributed by atoms with E-state index in [0.717, 1.165) is 17.1 Å². The highest BCUT2D eigenvalue weighted by molar-refractivity contribution is 7.93. The Morgan fingerprint density at radius 3 is 2.16 bits per heavy atom. The summed E-state index contributed by atoms with van der Waals surface area (Å²) in [6.07, 6.45) is 1.36. The lowest BCUT2D eigenvalue weighted by atomic mass is 9.93. The SMILES string of the molecule is CC(C)[S+]([O-])Nc1ccc(C(=N)c2c(N)ncnc2Nc2ccc(Nc3cc(C(C)(C)C)on3)cc2)cc1. The molecule has 0 bridgehead atoms. The average molecular weight is 533 g/mol. The van der Waals surface area contributed by atoms with E-state index >= 15 is 0 Å². The van der Waals surface area contributed by atoms with Gasteiger partial charge < -0.3 is 25.4 Å². The Balaban J connectivity index is 1.49. The average Bonchev–Trinajstić information content (AvgIpc) is 3.35. The number of nitrogen functional groups attached to an aromatic ring is 1. The Kier molecular flexibility index (Phi) is 7.88. The summed E-state index contributed by atoms with van der Waals surface area (Å²) in [5, 5.41) is 19.3. The molecule has 198 valence electrons. The molecule has 4 aromatic rings. The Hall–Kier alpha value is -4.09. The van der Waals surface area contributed by atoms with Crippen molar-refractivity contribution in [2.75, 3.05) is 21.1 Å². The summed E-state index contributed by atoms with van der Waals surface area (Å²) < 4.78 is 20.5. The molecule has 11 heteroatoms. The molecule has 0 aliphatic carbocycles. The lowest BCUT2D eigenvalue weighted by molar-refractivity contribution is 0.331. The van der Waals surface area contributed by atoms with Gasteiger partial charge in [-0.2, -0.15) is 0 Å². The van der Waals surface area contributed by atoms with Gasteiger partial charge in [-0.1, -0.05) is 38.1 Å². The monoisotopic (exact) mass is 532 g/mol. The second kappa shape index (κ2) is 11.1. The van der Waals surface area contributed by atoms with Crippen molar-refractivity contribution in [3.05, 3.63) is 77.8 Å². The summed E-state index contributed by atoms with van der Waals surface area (Å²) in [5.41, 5.74) is 9.53. The first-order valence-electron chi connectivity index (χ1n) is 12.1. The van der Waals surface area contributed by atoms with Gasteiger partial charge in [-0.05, 0) is 50.2 Å². The Labute approximate surface area is 225 Å². The molecule has 0 spiro atoms. The van der Waals surface area contributed by atoms with Crippen LogP contribution in [0.5, 0.6) is 0 Å². The molecule has 2 aromatic carbocycles. The Morgan fingerprint density at radius 2 is 1.58 bits per heavy atom. The summed E-state index contributed by atoms with van der Waals surface area (Å²) in [6, 6.07) is 16.6. The third kappa shape index (κ3) is 6.42. The molecule has 0 radical (unpaired) electrons. The topological polar surface area (TPSA) is 161 Å². The van der Waals surface area contributed by atoms with Crippen molar-refractivity contribution in [3.63, 3.8) is 0 Å². The first kappa shape index (κ1) is 27.0. The van der Waals surface area contributed by atoms with Gasteiger partial charge in [0.05, 0.1) is 28.3 Å². The predicted molar refractivity (Wildman–Crippen MR) is 154 cm³/mol. The van der Waals surface area contributed by atoms with Crippen LogP contribution in [0, 0.1) is 5.41 Å². The van der Waals surface area contributed by atoms with Gasteiger partial charge in [0.15, 0.2) is 5.82 Å². The maximum Gasteiger partial charge on any atom is 0.174 e. The number of nitrogens with zero attached hydrogens (tertiary/aromatic N) is 3. The van der Waals surface area contributed by atoms with Gasteiger partial charge in [0.2, 0.25) is 0 Å². The van der Waals surface area contributed by atoms with Gasteiger partial charge in [0, 0.05) is 28.4 Å². The molecular weight excluding hydrogens is 500 g/mol. The number of hydrogen-bond donors (Lipinski definition) is 5. The molecule has 1 unspecified atom stereocenters. The third-order valence-electron chi connectivity index (χ3n) is 5.62. The maximum atomic E-state index is 12.1. The molecule has 1 atom stereocenters. The van der Waals surface area contributed by atoms with E-state index in [1.165, 1.54) is 6.33 Å². The van der Waals surface area contributed by atoms with Gasteiger partial charge in [-0.3, -0.25) is 5.41 Å². The zero-order valence-electron chi connectivity index (χ0n) is 22.0. The van der Waals surface area contributed by atoms with Crippen LogP contribution in [-0.2, 0) is 16.8 Å². The molecule has 2 aromatic heterocycles. The summed E-state index contributed by atoms with van der Waals surface area (Å²) in [4.78, 5) is 8.43. The van der Waals surface area contributed by atoms with Crippen LogP contribution in [0.15, 0.2) is 65.4 Å². The van der Waals surface area contributed by atoms with Crippen LogP contribution in [0.4, 0.5) is 34.5 Å². The first-order valence-corrected chi connectivity index (χ1v) is 13.3. The maximum absolute atomic E-state index is 12.1. The van der Waals surface area contributed by atoms with Gasteiger partial charge in [-0.15, -0.1) is 0 Å². The summed E-state index contributed by atoms with van der Waals surface area (Å²) in [7, 11) is 0. The highest BCUT2D eigenvalue weighted by atomic mass is 32.2. The fourth-order valence-corrected chi connectivity index (χ4v) is 4.04. The number of benzene rings is 2. The minimum absolute atomic E-state index is 0.0173. The molecule has 0 saturated carbocycles. The molecule has 10 nitrogen and oxygen atoms in total. The lowest BCUT2D eigenvalue weighted by Gasteiger charge is -2.16. The summed E-state index contributed by atoms with van der Waals surface area (Å²) in [6.45, 7) is 9.95. The minimum Gasteiger partial charge on any atom is -0.593 e. The first-order chi connectivity index (χ1) is 18.0. The number of nitrogens with two attached hydrogens (primary N) is 1. The second-order valence-corrected chi connectivity index (χ2v) is 11.8. The van der Waals surface area contributed by atoms with Gasteiger partial charge >= 0.3 is 0 Å². The molecule has 0 amide bonds. The number of aromatic nitrogens is 3. The minimum atomic E-state index is -1.19. The molecule has 0 aliphatic heterocycles. The van der Waals surface area contributed by atoms with Crippen molar-refractivity contribution in [1.29, 1.82) is 5.41 Å². The number of rotatable bonds is 9. The molecular formula is C27H32N8O2S. The van der Waals surface area contributed by atoms with Crippen molar-refractivity contribution in [3.8, 4) is 0 Å². The number of anilines is 6. The molecule has 38 heavy (non-hydrogen) atoms. The normalized spacial score (nSPS) is 12.3. The standard InChI is InChI=1S/C27H32N8O2S/c1-16(2)38(36)35-20-8-6-17(7-9-20)24(28)23-25(29)30-15-31-26(23)33-19-12-10-18(11-13-19)32-22-14-21(37-34-22)27(3,4)5/h6-16,28,35H,1-5H3,(H,32,34)(H3,29,30,31,33). The van der Waals surface area contributed by atoms with Crippen LogP contribution in [-0.4, -0.2) is 30.6 Å². The largest absolute Gasteiger partial charge is 0.593 e. The predicted octanol–water partition coefficient (Wildman–Crippen LogP) is 5.73. The van der Waals surface area contributed by atoms with E-state index in [4.69, 9.17) is 15.7 Å². The van der Waals surface area contributed by atoms with Crippen molar-refractivity contribution < 1.29 is 9.08 Å². The third-order valence-corrected chi connectivity index (χ3v) is 6.91. The van der Waals surface area contributed by atoms with Crippen LogP contribution >= 0.6 is 0 Å². The summed E-state index contributed by atoms with van der Waals surface area (Å²) in [5.74, 6) is 2.03. The smallest absolute Gasteiger partial charge is 0.174 e. The van der Waals surface area contributed by atoms with E-state index < -0.39 is 11.4 Å². The molecule has 2 heterocycles. The molecule has 6 N–H and O–H groups in total. The Morgan fingerprint density at radius 1 is 0.974 bits per heavy atom. The van der Waals surface area contributed by atoms with Crippen LogP contribution in [0.1, 0.15) is 51.5 Å². The lowest BCUT2D eigenvalue weighted by Crippen LogP contribution is -2.22. The van der Waals surface area contributed by atoms with Crippen LogP contribution in [0.2, 0.25) is 0 Å². The van der Waals surface area contributed by atoms with Crippen molar-refractivity contribution in [1.82, 2.24) is 15.1 Å². The van der Waals surface area contributed by atoms with E-state index in [1.807, 2.05) is 44.2 Å². The summed E-state index contributed by atoms with van der Waals surface area (Å²) >= 11 is -1.19. The molecule has 0 fully saturated rings. The highest BCUT2D eigenvalue weighted by Crippen LogP contribution is 2.28. The van der Waals surface area contributed by atoms with Crippen molar-refractivity contribution in [2.45, 2.75) is 45.3 Å². The highest BCUT2D eigenvalue weighted by Gasteiger charge is 2.20. The van der Waals surface area contributed by atoms with Crippen LogP contribution in [0.3, 0.4) is 0 Å². The van der Waals surface area contributed by atoms with Crippen LogP contribution in [0.25, 0.3) is 0 Å². The second-order valence-electron chi connectivity index (χ2n) is 10.0. The van der Waals surface area contributed by atoms with E-state index in [2.05, 4.69) is 51.3 Å². The molecule has 4 rings (SSSR count). The van der Waals surface area contributed by atoms with Gasteiger partial charge in [-0.25, -0.2) is 14.7 Å². The van der Waals surface area contributed by atoms with Crippen molar-refractivity contribution >= 4 is 51.6 Å². The Bertz CT molecular complexity index is 1400. The van der Waals surface area contributed by atoms with E-state index in [0.29, 0.717) is 28.5 Å². The number of hydrogen-bond acceptors (Lipinski definition) is 10. The zero-order valence-corrected chi connectivity index (χ0v) is 22.8. The fraction of sp³-hybridized carbons (Fsp3) is 0.259. The van der Waals surface area contributed by atoms with Crippen molar-refractivity contribution in [2.24, 2.45) is 0 Å². The molecule has 0 aliphatic rings. The quantitative estimate of drug-likeness (QED) is 0.134. The van der Waals surface area contributed by atoms with E-state index in [1.54, 1.807) is 24.3 Å². The molecule has 0 saturated heterocycles. The number of nitrogens with one attached hydrogen (secondary N) is 4. The fourth-order valence-electron chi connectivity index (χ4n) is 3.43. The van der Waals surface area contributed by atoms with Gasteiger partial charge in [0.1, 0.15) is 29.0 Å². The van der Waals surface area contributed by atoms with E-state index in [9.17, 15) is 4.55 Å². The van der Waals surface area contributed by atoms with Gasteiger partial charge in [0.25, 0.3) is 0 Å². The zero-order chi connectivity index (χ0) is 27.4.